The molecule has 0 unspecified atom stereocenters. The Labute approximate surface area is 127 Å². The summed E-state index contributed by atoms with van der Waals surface area (Å²) >= 11 is 1.66. The van der Waals surface area contributed by atoms with Crippen LogP contribution < -0.4 is 0 Å². The largest absolute Gasteiger partial charge is 0.358 e. The number of rotatable bonds is 1. The van der Waals surface area contributed by atoms with E-state index < -0.39 is 0 Å². The van der Waals surface area contributed by atoms with Gasteiger partial charge in [-0.15, -0.1) is 0 Å². The van der Waals surface area contributed by atoms with Gasteiger partial charge in [0.05, 0.1) is 5.69 Å². The van der Waals surface area contributed by atoms with Crippen LogP contribution in [0.2, 0.25) is 0 Å². The zero-order chi connectivity index (χ0) is 10.6. The molecule has 2 rings (SSSR count). The molecule has 2 heterocycles. The van der Waals surface area contributed by atoms with Crippen LogP contribution in [0.25, 0.3) is 5.13 Å². The van der Waals surface area contributed by atoms with Gasteiger partial charge in [-0.05, 0) is 19.9 Å². The molecule has 0 saturated heterocycles. The molecule has 0 spiro atoms. The molecule has 2 aromatic rings. The van der Waals surface area contributed by atoms with Gasteiger partial charge in [-0.25, -0.2) is 9.67 Å². The van der Waals surface area contributed by atoms with Gasteiger partial charge in [-0.1, -0.05) is 25.2 Å². The summed E-state index contributed by atoms with van der Waals surface area (Å²) in [6, 6.07) is 1.89. The van der Waals surface area contributed by atoms with E-state index in [1.54, 1.807) is 22.2 Å². The van der Waals surface area contributed by atoms with Crippen molar-refractivity contribution in [3.8, 4) is 5.13 Å². The van der Waals surface area contributed by atoms with E-state index in [9.17, 15) is 0 Å². The minimum Gasteiger partial charge on any atom is -0.358 e. The van der Waals surface area contributed by atoms with Gasteiger partial charge < -0.3 is 7.43 Å². The third-order valence-corrected chi connectivity index (χ3v) is 2.78. The molecule has 87 valence electrons. The van der Waals surface area contributed by atoms with E-state index in [0.717, 1.165) is 10.8 Å². The first-order valence-corrected chi connectivity index (χ1v) is 5.53. The quantitative estimate of drug-likeness (QED) is 0.755. The monoisotopic (exact) mass is 313 g/mol. The Balaban J connectivity index is 0. The van der Waals surface area contributed by atoms with Crippen molar-refractivity contribution in [2.75, 3.05) is 0 Å². The molecule has 0 aliphatic heterocycles. The van der Waals surface area contributed by atoms with E-state index in [4.69, 9.17) is 0 Å². The molecule has 1 radical (unpaired) electrons. The minimum atomic E-state index is 0. The van der Waals surface area contributed by atoms with Crippen molar-refractivity contribution < 1.29 is 32.7 Å². The number of aromatic nitrogens is 3. The molecular weight excluding hydrogens is 295 g/mol. The smallest absolute Gasteiger partial charge is 0.210 e. The van der Waals surface area contributed by atoms with Crippen LogP contribution in [0.3, 0.4) is 0 Å². The molecule has 2 aromatic heterocycles. The molecule has 0 N–H and O–H groups in total. The standard InChI is InChI=1S/C8H9N3S.C2H6.CH3.Y/c1-6-7(2)12-8(10-6)11-5-3-4-9-11;1-2;;/h3-5H,1-2H3;1-2H3;1H3;/q;;-1;. The van der Waals surface area contributed by atoms with Crippen molar-refractivity contribution in [2.24, 2.45) is 0 Å². The van der Waals surface area contributed by atoms with E-state index in [2.05, 4.69) is 17.0 Å². The van der Waals surface area contributed by atoms with Gasteiger partial charge in [0.15, 0.2) is 0 Å². The molecule has 0 bridgehead atoms. The van der Waals surface area contributed by atoms with Crippen molar-refractivity contribution in [1.82, 2.24) is 14.8 Å². The van der Waals surface area contributed by atoms with E-state index >= 15 is 0 Å². The number of hydrogen-bond donors (Lipinski definition) is 0. The Kier molecular flexibility index (Phi) is 10.3. The van der Waals surface area contributed by atoms with Crippen molar-refractivity contribution in [2.45, 2.75) is 27.7 Å². The van der Waals surface area contributed by atoms with Crippen LogP contribution in [0.4, 0.5) is 0 Å². The summed E-state index contributed by atoms with van der Waals surface area (Å²) in [5.41, 5.74) is 1.09. The molecule has 16 heavy (non-hydrogen) atoms. The van der Waals surface area contributed by atoms with E-state index in [0.29, 0.717) is 0 Å². The molecule has 0 aliphatic carbocycles. The second-order valence-electron chi connectivity index (χ2n) is 2.59. The number of aryl methyl sites for hydroxylation is 2. The average molecular weight is 313 g/mol. The van der Waals surface area contributed by atoms with Crippen LogP contribution in [0.5, 0.6) is 0 Å². The summed E-state index contributed by atoms with van der Waals surface area (Å²) in [5, 5.41) is 5.05. The summed E-state index contributed by atoms with van der Waals surface area (Å²) in [7, 11) is 0. The summed E-state index contributed by atoms with van der Waals surface area (Å²) in [6.07, 6.45) is 3.66. The SMILES string of the molecule is CC.Cc1nc(-n2cccn2)sc1C.[CH3-].[Y]. The summed E-state index contributed by atoms with van der Waals surface area (Å²) in [4.78, 5) is 5.62. The van der Waals surface area contributed by atoms with E-state index in [-0.39, 0.29) is 40.1 Å². The van der Waals surface area contributed by atoms with Crippen LogP contribution in [0.15, 0.2) is 18.5 Å². The predicted molar refractivity (Wildman–Crippen MR) is 66.5 cm³/mol. The second-order valence-corrected chi connectivity index (χ2v) is 3.77. The Morgan fingerprint density at radius 1 is 1.25 bits per heavy atom. The molecule has 5 heteroatoms. The molecule has 0 aromatic carbocycles. The molecule has 3 nitrogen and oxygen atoms in total. The average Bonchev–Trinajstić information content (AvgIpc) is 2.80. The van der Waals surface area contributed by atoms with Crippen LogP contribution >= 0.6 is 11.3 Å². The second kappa shape index (κ2) is 9.02. The normalized spacial score (nSPS) is 8.25. The van der Waals surface area contributed by atoms with E-state index in [1.165, 1.54) is 4.88 Å². The van der Waals surface area contributed by atoms with Crippen LogP contribution in [-0.2, 0) is 32.7 Å². The molecule has 0 amide bonds. The zero-order valence-electron chi connectivity index (χ0n) is 10.6. The molecule has 0 atom stereocenters. The number of hydrogen-bond acceptors (Lipinski definition) is 3. The van der Waals surface area contributed by atoms with Crippen molar-refractivity contribution >= 4 is 11.3 Å². The Bertz CT molecular complexity index is 362. The topological polar surface area (TPSA) is 30.7 Å². The molecular formula is C11H18N3SY-. The van der Waals surface area contributed by atoms with Gasteiger partial charge in [0.2, 0.25) is 5.13 Å². The van der Waals surface area contributed by atoms with Crippen LogP contribution in [-0.4, -0.2) is 14.8 Å². The molecule has 0 aliphatic rings. The van der Waals surface area contributed by atoms with Crippen molar-refractivity contribution in [1.29, 1.82) is 0 Å². The maximum absolute atomic E-state index is 4.37. The van der Waals surface area contributed by atoms with Crippen LogP contribution in [0.1, 0.15) is 24.4 Å². The minimum absolute atomic E-state index is 0. The number of thiazole rings is 1. The fourth-order valence-corrected chi connectivity index (χ4v) is 1.79. The first-order chi connectivity index (χ1) is 6.77. The molecule has 0 saturated carbocycles. The fourth-order valence-electron chi connectivity index (χ4n) is 0.936. The van der Waals surface area contributed by atoms with E-state index in [1.807, 2.05) is 33.0 Å². The van der Waals surface area contributed by atoms with Gasteiger partial charge in [0, 0.05) is 50.0 Å². The first-order valence-electron chi connectivity index (χ1n) is 4.71. The van der Waals surface area contributed by atoms with Gasteiger partial charge in [0.25, 0.3) is 0 Å². The summed E-state index contributed by atoms with van der Waals surface area (Å²) in [5.74, 6) is 0. The summed E-state index contributed by atoms with van der Waals surface area (Å²) in [6.45, 7) is 8.08. The van der Waals surface area contributed by atoms with Crippen LogP contribution in [0, 0.1) is 21.3 Å². The predicted octanol–water partition coefficient (Wildman–Crippen LogP) is 3.42. The van der Waals surface area contributed by atoms with Gasteiger partial charge in [-0.2, -0.15) is 5.10 Å². The third kappa shape index (κ3) is 4.44. The van der Waals surface area contributed by atoms with Gasteiger partial charge in [0.1, 0.15) is 0 Å². The maximum Gasteiger partial charge on any atom is 0.210 e. The Morgan fingerprint density at radius 3 is 2.25 bits per heavy atom. The van der Waals surface area contributed by atoms with Crippen molar-refractivity contribution in [3.63, 3.8) is 0 Å². The molecule has 0 fully saturated rings. The number of nitrogens with zero attached hydrogens (tertiary/aromatic N) is 3. The maximum atomic E-state index is 4.37. The van der Waals surface area contributed by atoms with Gasteiger partial charge in [-0.3, -0.25) is 0 Å². The van der Waals surface area contributed by atoms with Crippen molar-refractivity contribution in [3.05, 3.63) is 36.5 Å². The zero-order valence-corrected chi connectivity index (χ0v) is 14.2. The first kappa shape index (κ1) is 18.3. The Hall–Kier alpha value is -0.0561. The summed E-state index contributed by atoms with van der Waals surface area (Å²) < 4.78 is 1.78. The van der Waals surface area contributed by atoms with Gasteiger partial charge >= 0.3 is 0 Å². The Morgan fingerprint density at radius 2 is 1.88 bits per heavy atom. The fraction of sp³-hybridized carbons (Fsp3) is 0.364. The third-order valence-electron chi connectivity index (χ3n) is 1.72.